The molecule has 1 atom stereocenters. The van der Waals surface area contributed by atoms with Gasteiger partial charge in [0.1, 0.15) is 5.82 Å². The molecule has 0 aliphatic carbocycles. The largest absolute Gasteiger partial charge is 0.355 e. The standard InChI is InChI=1S/C11H12FNOS/c12-9-4-2-1-3-8(9)10-7-11(14)13-5-6-15-10/h1-4,10H,5-7H2,(H,13,14). The lowest BCUT2D eigenvalue weighted by Crippen LogP contribution is -2.23. The SMILES string of the molecule is O=C1CC(c2ccccc2F)SCCN1. The van der Waals surface area contributed by atoms with Crippen LogP contribution in [0.25, 0.3) is 0 Å². The number of carbonyl (C=O) groups excluding carboxylic acids is 1. The van der Waals surface area contributed by atoms with Gasteiger partial charge in [0.25, 0.3) is 0 Å². The molecule has 1 fully saturated rings. The van der Waals surface area contributed by atoms with Crippen LogP contribution in [0.4, 0.5) is 4.39 Å². The maximum absolute atomic E-state index is 13.5. The molecular formula is C11H12FNOS. The molecule has 15 heavy (non-hydrogen) atoms. The molecule has 0 bridgehead atoms. The lowest BCUT2D eigenvalue weighted by atomic mass is 10.1. The van der Waals surface area contributed by atoms with Crippen LogP contribution >= 0.6 is 11.8 Å². The number of halogens is 1. The van der Waals surface area contributed by atoms with Crippen LogP contribution in [0.15, 0.2) is 24.3 Å². The minimum Gasteiger partial charge on any atom is -0.355 e. The van der Waals surface area contributed by atoms with Crippen LogP contribution in [0.3, 0.4) is 0 Å². The van der Waals surface area contributed by atoms with Crippen molar-refractivity contribution in [3.05, 3.63) is 35.6 Å². The molecule has 0 radical (unpaired) electrons. The summed E-state index contributed by atoms with van der Waals surface area (Å²) < 4.78 is 13.5. The van der Waals surface area contributed by atoms with Crippen LogP contribution in [-0.2, 0) is 4.79 Å². The maximum Gasteiger partial charge on any atom is 0.221 e. The van der Waals surface area contributed by atoms with Gasteiger partial charge in [-0.05, 0) is 6.07 Å². The van der Waals surface area contributed by atoms with Crippen LogP contribution in [0.2, 0.25) is 0 Å². The molecule has 1 aromatic carbocycles. The first-order valence-corrected chi connectivity index (χ1v) is 5.95. The Morgan fingerprint density at radius 3 is 3.00 bits per heavy atom. The van der Waals surface area contributed by atoms with E-state index in [2.05, 4.69) is 5.32 Å². The molecule has 1 aromatic rings. The summed E-state index contributed by atoms with van der Waals surface area (Å²) in [6.07, 6.45) is 0.367. The summed E-state index contributed by atoms with van der Waals surface area (Å²) in [7, 11) is 0. The average molecular weight is 225 g/mol. The summed E-state index contributed by atoms with van der Waals surface area (Å²) in [5.74, 6) is 0.628. The smallest absolute Gasteiger partial charge is 0.221 e. The summed E-state index contributed by atoms with van der Waals surface area (Å²) in [5.41, 5.74) is 0.638. The fraction of sp³-hybridized carbons (Fsp3) is 0.364. The molecule has 4 heteroatoms. The molecule has 2 rings (SSSR count). The summed E-state index contributed by atoms with van der Waals surface area (Å²) in [4.78, 5) is 11.3. The van der Waals surface area contributed by atoms with Crippen molar-refractivity contribution in [3.8, 4) is 0 Å². The van der Waals surface area contributed by atoms with Crippen LogP contribution < -0.4 is 5.32 Å². The lowest BCUT2D eigenvalue weighted by Gasteiger charge is -2.13. The lowest BCUT2D eigenvalue weighted by molar-refractivity contribution is -0.120. The molecule has 2 nitrogen and oxygen atoms in total. The number of carbonyl (C=O) groups is 1. The second-order valence-corrected chi connectivity index (χ2v) is 4.75. The van der Waals surface area contributed by atoms with Gasteiger partial charge in [-0.15, -0.1) is 0 Å². The maximum atomic E-state index is 13.5. The zero-order valence-electron chi connectivity index (χ0n) is 8.20. The van der Waals surface area contributed by atoms with Crippen molar-refractivity contribution < 1.29 is 9.18 Å². The molecule has 80 valence electrons. The molecule has 0 aromatic heterocycles. The molecule has 0 saturated carbocycles. The van der Waals surface area contributed by atoms with Gasteiger partial charge in [0.2, 0.25) is 5.91 Å². The number of hydrogen-bond donors (Lipinski definition) is 1. The van der Waals surface area contributed by atoms with Crippen molar-refractivity contribution >= 4 is 17.7 Å². The summed E-state index contributed by atoms with van der Waals surface area (Å²) in [5, 5.41) is 2.73. The Balaban J connectivity index is 2.22. The predicted molar refractivity (Wildman–Crippen MR) is 59.2 cm³/mol. The Morgan fingerprint density at radius 1 is 1.40 bits per heavy atom. The fourth-order valence-electron chi connectivity index (χ4n) is 1.63. The summed E-state index contributed by atoms with van der Waals surface area (Å²) in [6, 6.07) is 6.67. The average Bonchev–Trinajstić information content (AvgIpc) is 2.43. The number of benzene rings is 1. The topological polar surface area (TPSA) is 29.1 Å². The molecule has 1 heterocycles. The van der Waals surface area contributed by atoms with Crippen LogP contribution in [0, 0.1) is 5.82 Å². The van der Waals surface area contributed by atoms with Crippen LogP contribution in [-0.4, -0.2) is 18.2 Å². The number of amides is 1. The Bertz CT molecular complexity index is 369. The number of rotatable bonds is 1. The van der Waals surface area contributed by atoms with E-state index in [1.54, 1.807) is 23.9 Å². The predicted octanol–water partition coefficient (Wildman–Crippen LogP) is 2.12. The number of hydrogen-bond acceptors (Lipinski definition) is 2. The highest BCUT2D eigenvalue weighted by Crippen LogP contribution is 2.34. The van der Waals surface area contributed by atoms with E-state index in [4.69, 9.17) is 0 Å². The van der Waals surface area contributed by atoms with Crippen molar-refractivity contribution in [3.63, 3.8) is 0 Å². The van der Waals surface area contributed by atoms with Gasteiger partial charge < -0.3 is 5.32 Å². The minimum atomic E-state index is -0.218. The minimum absolute atomic E-state index is 0.00764. The highest BCUT2D eigenvalue weighted by molar-refractivity contribution is 7.99. The van der Waals surface area contributed by atoms with Gasteiger partial charge in [-0.2, -0.15) is 11.8 Å². The third-order valence-corrected chi connectivity index (χ3v) is 3.63. The Labute approximate surface area is 92.3 Å². The first-order chi connectivity index (χ1) is 7.27. The van der Waals surface area contributed by atoms with Gasteiger partial charge >= 0.3 is 0 Å². The number of thioether (sulfide) groups is 1. The monoisotopic (exact) mass is 225 g/mol. The van der Waals surface area contributed by atoms with Gasteiger partial charge in [-0.3, -0.25) is 4.79 Å². The molecule has 1 N–H and O–H groups in total. The molecule has 0 spiro atoms. The molecule has 1 unspecified atom stereocenters. The van der Waals surface area contributed by atoms with E-state index in [1.165, 1.54) is 6.07 Å². The fourth-order valence-corrected chi connectivity index (χ4v) is 2.77. The van der Waals surface area contributed by atoms with Crippen LogP contribution in [0.1, 0.15) is 17.2 Å². The Hall–Kier alpha value is -1.03. The summed E-state index contributed by atoms with van der Waals surface area (Å²) in [6.45, 7) is 0.675. The van der Waals surface area contributed by atoms with E-state index in [-0.39, 0.29) is 17.0 Å². The highest BCUT2D eigenvalue weighted by atomic mass is 32.2. The molecular weight excluding hydrogens is 213 g/mol. The van der Waals surface area contributed by atoms with Gasteiger partial charge in [-0.1, -0.05) is 18.2 Å². The van der Waals surface area contributed by atoms with E-state index in [1.807, 2.05) is 6.07 Å². The van der Waals surface area contributed by atoms with Gasteiger partial charge in [0, 0.05) is 29.5 Å². The molecule has 1 aliphatic rings. The normalized spacial score (nSPS) is 21.9. The molecule has 1 amide bonds. The van der Waals surface area contributed by atoms with E-state index in [0.717, 1.165) is 5.75 Å². The van der Waals surface area contributed by atoms with Gasteiger partial charge in [0.15, 0.2) is 0 Å². The van der Waals surface area contributed by atoms with Crippen molar-refractivity contribution in [1.82, 2.24) is 5.32 Å². The number of nitrogens with one attached hydrogen (secondary N) is 1. The van der Waals surface area contributed by atoms with E-state index in [0.29, 0.717) is 18.5 Å². The molecule has 1 saturated heterocycles. The quantitative estimate of drug-likeness (QED) is 0.793. The third kappa shape index (κ3) is 2.50. The van der Waals surface area contributed by atoms with E-state index < -0.39 is 0 Å². The Morgan fingerprint density at radius 2 is 2.20 bits per heavy atom. The van der Waals surface area contributed by atoms with Crippen molar-refractivity contribution in [2.75, 3.05) is 12.3 Å². The first kappa shape index (κ1) is 10.5. The van der Waals surface area contributed by atoms with E-state index in [9.17, 15) is 9.18 Å². The van der Waals surface area contributed by atoms with Crippen LogP contribution in [0.5, 0.6) is 0 Å². The zero-order chi connectivity index (χ0) is 10.7. The van der Waals surface area contributed by atoms with Crippen molar-refractivity contribution in [1.29, 1.82) is 0 Å². The summed E-state index contributed by atoms with van der Waals surface area (Å²) >= 11 is 1.63. The highest BCUT2D eigenvalue weighted by Gasteiger charge is 2.21. The second kappa shape index (κ2) is 4.66. The van der Waals surface area contributed by atoms with Crippen molar-refractivity contribution in [2.45, 2.75) is 11.7 Å². The first-order valence-electron chi connectivity index (χ1n) is 4.90. The van der Waals surface area contributed by atoms with Gasteiger partial charge in [0.05, 0.1) is 0 Å². The Kier molecular flexibility index (Phi) is 3.26. The molecule has 1 aliphatic heterocycles. The van der Waals surface area contributed by atoms with Gasteiger partial charge in [-0.25, -0.2) is 4.39 Å². The zero-order valence-corrected chi connectivity index (χ0v) is 9.02. The van der Waals surface area contributed by atoms with Crippen molar-refractivity contribution in [2.24, 2.45) is 0 Å². The third-order valence-electron chi connectivity index (χ3n) is 2.37. The second-order valence-electron chi connectivity index (χ2n) is 3.44. The van der Waals surface area contributed by atoms with E-state index >= 15 is 0 Å².